The van der Waals surface area contributed by atoms with E-state index in [1.54, 1.807) is 4.90 Å². The van der Waals surface area contributed by atoms with Crippen molar-refractivity contribution >= 4 is 25.6 Å². The predicted octanol–water partition coefficient (Wildman–Crippen LogP) is 1.35. The Hall–Kier alpha value is -0.290. The van der Waals surface area contributed by atoms with Gasteiger partial charge in [-0.15, -0.1) is 0 Å². The summed E-state index contributed by atoms with van der Waals surface area (Å²) in [6.45, 7) is 2.26. The molecule has 0 aliphatic carbocycles. The fourth-order valence-electron chi connectivity index (χ4n) is 1.99. The van der Waals surface area contributed by atoms with E-state index in [9.17, 15) is 13.2 Å². The number of piperidine rings is 1. The van der Waals surface area contributed by atoms with Gasteiger partial charge in [0.25, 0.3) is 0 Å². The van der Waals surface area contributed by atoms with Crippen LogP contribution in [0.5, 0.6) is 0 Å². The highest BCUT2D eigenvalue weighted by molar-refractivity contribution is 8.13. The van der Waals surface area contributed by atoms with Crippen molar-refractivity contribution in [3.05, 3.63) is 0 Å². The van der Waals surface area contributed by atoms with E-state index < -0.39 is 9.05 Å². The van der Waals surface area contributed by atoms with E-state index in [4.69, 9.17) is 10.7 Å². The van der Waals surface area contributed by atoms with Gasteiger partial charge in [-0.25, -0.2) is 8.42 Å². The van der Waals surface area contributed by atoms with Crippen molar-refractivity contribution in [2.45, 2.75) is 38.6 Å². The second-order valence-electron chi connectivity index (χ2n) is 3.89. The maximum Gasteiger partial charge on any atom is 0.232 e. The van der Waals surface area contributed by atoms with Crippen LogP contribution in [0, 0.1) is 0 Å². The van der Waals surface area contributed by atoms with Gasteiger partial charge in [0.05, 0.1) is 5.75 Å². The smallest absolute Gasteiger partial charge is 0.232 e. The van der Waals surface area contributed by atoms with Gasteiger partial charge in [-0.1, -0.05) is 0 Å². The minimum atomic E-state index is -3.44. The molecule has 0 radical (unpaired) electrons. The van der Waals surface area contributed by atoms with Gasteiger partial charge in [0.2, 0.25) is 15.0 Å². The highest BCUT2D eigenvalue weighted by Gasteiger charge is 2.25. The molecule has 0 saturated carbocycles. The van der Waals surface area contributed by atoms with Crippen molar-refractivity contribution in [2.24, 2.45) is 0 Å². The van der Waals surface area contributed by atoms with Gasteiger partial charge in [0.15, 0.2) is 0 Å². The van der Waals surface area contributed by atoms with Crippen LogP contribution in [0.1, 0.15) is 32.6 Å². The molecule has 4 nitrogen and oxygen atoms in total. The summed E-state index contributed by atoms with van der Waals surface area (Å²) in [6, 6.07) is 0.0461. The monoisotopic (exact) mass is 253 g/mol. The van der Waals surface area contributed by atoms with Crippen LogP contribution in [0.15, 0.2) is 0 Å². The maximum absolute atomic E-state index is 11.3. The molecule has 1 atom stereocenters. The summed E-state index contributed by atoms with van der Waals surface area (Å²) in [5.41, 5.74) is 0. The molecule has 0 bridgehead atoms. The normalized spacial score (nSPS) is 22.8. The number of amides is 1. The van der Waals surface area contributed by atoms with Crippen LogP contribution < -0.4 is 0 Å². The summed E-state index contributed by atoms with van der Waals surface area (Å²) in [4.78, 5) is 13.0. The summed E-state index contributed by atoms with van der Waals surface area (Å²) in [6.07, 6.45) is 3.39. The Morgan fingerprint density at radius 3 is 2.67 bits per heavy atom. The van der Waals surface area contributed by atoms with E-state index in [1.165, 1.54) is 6.92 Å². The Morgan fingerprint density at radius 2 is 2.13 bits per heavy atom. The van der Waals surface area contributed by atoms with Crippen LogP contribution in [0.25, 0.3) is 0 Å². The molecule has 1 aliphatic heterocycles. The highest BCUT2D eigenvalue weighted by atomic mass is 35.7. The lowest BCUT2D eigenvalue weighted by atomic mass is 10.00. The third kappa shape index (κ3) is 4.38. The van der Waals surface area contributed by atoms with Crippen molar-refractivity contribution < 1.29 is 13.2 Å². The molecule has 0 aromatic carbocycles. The average Bonchev–Trinajstić information content (AvgIpc) is 2.14. The third-order valence-corrected chi connectivity index (χ3v) is 3.91. The van der Waals surface area contributed by atoms with Crippen LogP contribution in [-0.2, 0) is 13.8 Å². The number of rotatable bonds is 3. The molecule has 0 aromatic rings. The van der Waals surface area contributed by atoms with E-state index in [0.29, 0.717) is 6.42 Å². The van der Waals surface area contributed by atoms with Crippen molar-refractivity contribution in [3.8, 4) is 0 Å². The summed E-state index contributed by atoms with van der Waals surface area (Å²) < 4.78 is 21.6. The summed E-state index contributed by atoms with van der Waals surface area (Å²) >= 11 is 0. The van der Waals surface area contributed by atoms with E-state index >= 15 is 0 Å². The van der Waals surface area contributed by atoms with Gasteiger partial charge >= 0.3 is 0 Å². The lowest BCUT2D eigenvalue weighted by Gasteiger charge is -2.34. The van der Waals surface area contributed by atoms with Crippen LogP contribution in [0.2, 0.25) is 0 Å². The minimum absolute atomic E-state index is 0.0201. The molecule has 1 saturated heterocycles. The van der Waals surface area contributed by atoms with Crippen molar-refractivity contribution in [2.75, 3.05) is 12.3 Å². The topological polar surface area (TPSA) is 54.5 Å². The zero-order valence-corrected chi connectivity index (χ0v) is 10.4. The van der Waals surface area contributed by atoms with E-state index in [2.05, 4.69) is 0 Å². The van der Waals surface area contributed by atoms with Crippen LogP contribution in [0.3, 0.4) is 0 Å². The van der Waals surface area contributed by atoms with Crippen LogP contribution in [0.4, 0.5) is 0 Å². The van der Waals surface area contributed by atoms with Crippen LogP contribution >= 0.6 is 10.7 Å². The van der Waals surface area contributed by atoms with E-state index in [0.717, 1.165) is 25.8 Å². The largest absolute Gasteiger partial charge is 0.340 e. The molecule has 0 unspecified atom stereocenters. The van der Waals surface area contributed by atoms with Crippen molar-refractivity contribution in [1.82, 2.24) is 4.90 Å². The molecule has 15 heavy (non-hydrogen) atoms. The summed E-state index contributed by atoms with van der Waals surface area (Å²) in [5.74, 6) is -0.0325. The summed E-state index contributed by atoms with van der Waals surface area (Å²) in [7, 11) is 1.71. The number of hydrogen-bond donors (Lipinski definition) is 0. The van der Waals surface area contributed by atoms with Crippen molar-refractivity contribution in [1.29, 1.82) is 0 Å². The summed E-state index contributed by atoms with van der Waals surface area (Å²) in [5, 5.41) is 0. The Kier molecular flexibility index (Phi) is 4.40. The number of halogens is 1. The second-order valence-corrected chi connectivity index (χ2v) is 6.79. The molecular formula is C9H16ClNO3S. The molecule has 1 rings (SSSR count). The SMILES string of the molecule is CC(=O)N1CCCC[C@H]1CCS(=O)(=O)Cl. The molecule has 1 amide bonds. The Morgan fingerprint density at radius 1 is 1.47 bits per heavy atom. The number of likely N-dealkylation sites (tertiary alicyclic amines) is 1. The highest BCUT2D eigenvalue weighted by Crippen LogP contribution is 2.20. The average molecular weight is 254 g/mol. The first kappa shape index (κ1) is 12.8. The molecule has 0 aromatic heterocycles. The van der Waals surface area contributed by atoms with Crippen molar-refractivity contribution in [3.63, 3.8) is 0 Å². The number of hydrogen-bond acceptors (Lipinski definition) is 3. The number of nitrogens with zero attached hydrogens (tertiary/aromatic N) is 1. The molecule has 1 heterocycles. The molecule has 0 spiro atoms. The lowest BCUT2D eigenvalue weighted by molar-refractivity contribution is -0.132. The molecule has 1 fully saturated rings. The fraction of sp³-hybridized carbons (Fsp3) is 0.889. The third-order valence-electron chi connectivity index (χ3n) is 2.73. The van der Waals surface area contributed by atoms with Gasteiger partial charge in [0, 0.05) is 30.2 Å². The zero-order valence-electron chi connectivity index (χ0n) is 8.78. The first-order valence-corrected chi connectivity index (χ1v) is 7.57. The number of carbonyl (C=O) groups excluding carboxylic acids is 1. The van der Waals surface area contributed by atoms with Gasteiger partial charge < -0.3 is 4.90 Å². The fourth-order valence-corrected chi connectivity index (χ4v) is 2.81. The zero-order chi connectivity index (χ0) is 11.5. The van der Waals surface area contributed by atoms with E-state index in [-0.39, 0.29) is 17.7 Å². The van der Waals surface area contributed by atoms with Gasteiger partial charge in [-0.3, -0.25) is 4.79 Å². The predicted molar refractivity (Wildman–Crippen MR) is 59.3 cm³/mol. The number of carbonyl (C=O) groups is 1. The molecule has 88 valence electrons. The van der Waals surface area contributed by atoms with Gasteiger partial charge in [0.1, 0.15) is 0 Å². The Bertz CT molecular complexity index is 328. The lowest BCUT2D eigenvalue weighted by Crippen LogP contribution is -2.43. The first-order chi connectivity index (χ1) is 6.90. The maximum atomic E-state index is 11.3. The standard InChI is InChI=1S/C9H16ClNO3S/c1-8(12)11-6-3-2-4-9(11)5-7-15(10,13)14/h9H,2-7H2,1H3/t9-/m0/s1. The molecule has 6 heteroatoms. The molecular weight excluding hydrogens is 238 g/mol. The first-order valence-electron chi connectivity index (χ1n) is 5.09. The Labute approximate surface area is 95.0 Å². The van der Waals surface area contributed by atoms with Crippen LogP contribution in [-0.4, -0.2) is 37.6 Å². The molecule has 1 aliphatic rings. The Balaban J connectivity index is 2.54. The van der Waals surface area contributed by atoms with E-state index in [1.807, 2.05) is 0 Å². The second kappa shape index (κ2) is 5.16. The minimum Gasteiger partial charge on any atom is -0.340 e. The quantitative estimate of drug-likeness (QED) is 0.714. The molecule has 0 N–H and O–H groups in total. The van der Waals surface area contributed by atoms with Gasteiger partial charge in [-0.05, 0) is 25.7 Å². The van der Waals surface area contributed by atoms with Gasteiger partial charge in [-0.2, -0.15) is 0 Å².